The van der Waals surface area contributed by atoms with Gasteiger partial charge in [0.15, 0.2) is 11.9 Å². The quantitative estimate of drug-likeness (QED) is 0.445. The first-order chi connectivity index (χ1) is 7.28. The highest BCUT2D eigenvalue weighted by Gasteiger charge is 2.20. The fourth-order valence-corrected chi connectivity index (χ4v) is 1.61. The Hall–Kier alpha value is -1.19. The van der Waals surface area contributed by atoms with Gasteiger partial charge in [-0.2, -0.15) is 0 Å². The summed E-state index contributed by atoms with van der Waals surface area (Å²) in [4.78, 5) is 21.0. The number of hydrogen-bond donors (Lipinski definition) is 3. The summed E-state index contributed by atoms with van der Waals surface area (Å²) in [7, 11) is -3.98. The molecular formula is C7H13NO7S. The van der Waals surface area contributed by atoms with E-state index in [1.54, 1.807) is 4.72 Å². The number of sulfonamides is 1. The molecule has 0 amide bonds. The van der Waals surface area contributed by atoms with Gasteiger partial charge in [0, 0.05) is 6.54 Å². The van der Waals surface area contributed by atoms with E-state index >= 15 is 0 Å². The van der Waals surface area contributed by atoms with Crippen molar-refractivity contribution in [3.8, 4) is 0 Å². The Bertz CT molecular complexity index is 350. The minimum Gasteiger partial charge on any atom is -0.479 e. The number of hydrogen-bond acceptors (Lipinski definition) is 6. The molecule has 0 aliphatic rings. The molecule has 1 atom stereocenters. The topological polar surface area (TPSA) is 130 Å². The number of carbonyl (C=O) groups is 2. The van der Waals surface area contributed by atoms with E-state index in [0.29, 0.717) is 0 Å². The summed E-state index contributed by atoms with van der Waals surface area (Å²) >= 11 is 0. The molecule has 0 aliphatic heterocycles. The first-order valence-corrected chi connectivity index (χ1v) is 5.97. The normalized spacial score (nSPS) is 13.1. The highest BCUT2D eigenvalue weighted by atomic mass is 32.2. The average molecular weight is 255 g/mol. The van der Waals surface area contributed by atoms with Gasteiger partial charge in [0.1, 0.15) is 0 Å². The molecule has 0 aromatic rings. The fraction of sp³-hybridized carbons (Fsp3) is 0.714. The monoisotopic (exact) mass is 255 g/mol. The number of nitrogens with one attached hydrogen (secondary N) is 1. The zero-order valence-electron chi connectivity index (χ0n) is 8.54. The van der Waals surface area contributed by atoms with Gasteiger partial charge in [-0.1, -0.05) is 0 Å². The first kappa shape index (κ1) is 14.8. The van der Waals surface area contributed by atoms with Crippen LogP contribution in [0.4, 0.5) is 0 Å². The number of carbonyl (C=O) groups excluding carboxylic acids is 1. The van der Waals surface area contributed by atoms with Crippen LogP contribution in [0.1, 0.15) is 6.92 Å². The van der Waals surface area contributed by atoms with E-state index in [4.69, 9.17) is 10.2 Å². The average Bonchev–Trinajstić information content (AvgIpc) is 2.13. The van der Waals surface area contributed by atoms with Gasteiger partial charge in [-0.3, -0.25) is 4.79 Å². The molecule has 94 valence electrons. The van der Waals surface area contributed by atoms with Crippen molar-refractivity contribution in [2.45, 2.75) is 13.0 Å². The van der Waals surface area contributed by atoms with E-state index in [1.165, 1.54) is 6.92 Å². The number of carboxylic acid groups (broad SMARTS) is 1. The van der Waals surface area contributed by atoms with E-state index < -0.39 is 40.4 Å². The van der Waals surface area contributed by atoms with Gasteiger partial charge in [-0.25, -0.2) is 17.9 Å². The van der Waals surface area contributed by atoms with E-state index in [1.807, 2.05) is 0 Å². The second-order valence-electron chi connectivity index (χ2n) is 2.77. The molecule has 0 unspecified atom stereocenters. The summed E-state index contributed by atoms with van der Waals surface area (Å²) in [6.45, 7) is 0.870. The zero-order chi connectivity index (χ0) is 12.8. The third-order valence-electron chi connectivity index (χ3n) is 1.39. The smallest absolute Gasteiger partial charge is 0.333 e. The van der Waals surface area contributed by atoms with Gasteiger partial charge in [-0.15, -0.1) is 0 Å². The van der Waals surface area contributed by atoms with Crippen LogP contribution in [0.25, 0.3) is 0 Å². The maximum absolute atomic E-state index is 11.1. The first-order valence-electron chi connectivity index (χ1n) is 4.32. The fourth-order valence-electron chi connectivity index (χ4n) is 0.702. The SMILES string of the molecule is CCOC(=O)CS(=O)(=O)NC[C@H](O)C(=O)O. The van der Waals surface area contributed by atoms with Crippen LogP contribution in [0.15, 0.2) is 0 Å². The highest BCUT2D eigenvalue weighted by molar-refractivity contribution is 7.90. The summed E-state index contributed by atoms with van der Waals surface area (Å²) in [5.41, 5.74) is 0. The van der Waals surface area contributed by atoms with Crippen LogP contribution in [0.5, 0.6) is 0 Å². The number of aliphatic hydroxyl groups excluding tert-OH is 1. The largest absolute Gasteiger partial charge is 0.479 e. The van der Waals surface area contributed by atoms with Crippen LogP contribution in [0, 0.1) is 0 Å². The maximum atomic E-state index is 11.1. The lowest BCUT2D eigenvalue weighted by atomic mass is 10.4. The Morgan fingerprint density at radius 3 is 2.44 bits per heavy atom. The van der Waals surface area contributed by atoms with Crippen LogP contribution < -0.4 is 4.72 Å². The van der Waals surface area contributed by atoms with Gasteiger partial charge in [0.05, 0.1) is 6.61 Å². The molecule has 0 radical (unpaired) electrons. The van der Waals surface area contributed by atoms with Crippen LogP contribution in [-0.4, -0.2) is 55.6 Å². The predicted octanol–water partition coefficient (Wildman–Crippen LogP) is -2.09. The second-order valence-corrected chi connectivity index (χ2v) is 4.57. The number of rotatable bonds is 7. The number of carboxylic acids is 1. The van der Waals surface area contributed by atoms with Gasteiger partial charge < -0.3 is 14.9 Å². The van der Waals surface area contributed by atoms with Gasteiger partial charge >= 0.3 is 11.9 Å². The molecule has 16 heavy (non-hydrogen) atoms. The van der Waals surface area contributed by atoms with Crippen molar-refractivity contribution in [1.82, 2.24) is 4.72 Å². The molecular weight excluding hydrogens is 242 g/mol. The van der Waals surface area contributed by atoms with Crippen molar-refractivity contribution < 1.29 is 33.0 Å². The van der Waals surface area contributed by atoms with Crippen LogP contribution in [0.3, 0.4) is 0 Å². The summed E-state index contributed by atoms with van der Waals surface area (Å²) in [5, 5.41) is 17.1. The zero-order valence-corrected chi connectivity index (χ0v) is 9.36. The molecule has 0 aromatic heterocycles. The molecule has 0 aromatic carbocycles. The van der Waals surface area contributed by atoms with E-state index in [9.17, 15) is 18.0 Å². The minimum absolute atomic E-state index is 0.0477. The summed E-state index contributed by atoms with van der Waals surface area (Å²) in [5.74, 6) is -3.41. The van der Waals surface area contributed by atoms with Crippen molar-refractivity contribution in [3.63, 3.8) is 0 Å². The Morgan fingerprint density at radius 2 is 2.00 bits per heavy atom. The summed E-state index contributed by atoms with van der Waals surface area (Å²) in [6.07, 6.45) is -1.85. The van der Waals surface area contributed by atoms with Crippen LogP contribution in [0.2, 0.25) is 0 Å². The van der Waals surface area contributed by atoms with Gasteiger partial charge in [-0.05, 0) is 6.92 Å². The van der Waals surface area contributed by atoms with Crippen molar-refractivity contribution in [2.24, 2.45) is 0 Å². The second kappa shape index (κ2) is 6.40. The Balaban J connectivity index is 4.16. The van der Waals surface area contributed by atoms with E-state index in [0.717, 1.165) is 0 Å². The molecule has 0 saturated heterocycles. The Kier molecular flexibility index (Phi) is 5.93. The third-order valence-corrected chi connectivity index (χ3v) is 2.62. The molecule has 0 bridgehead atoms. The number of aliphatic hydroxyl groups is 1. The number of aliphatic carboxylic acids is 1. The molecule has 8 nitrogen and oxygen atoms in total. The molecule has 3 N–H and O–H groups in total. The van der Waals surface area contributed by atoms with E-state index in [-0.39, 0.29) is 6.61 Å². The molecule has 0 saturated carbocycles. The van der Waals surface area contributed by atoms with Crippen molar-refractivity contribution >= 4 is 22.0 Å². The Labute approximate surface area is 92.3 Å². The molecule has 9 heteroatoms. The lowest BCUT2D eigenvalue weighted by Gasteiger charge is -2.08. The number of ether oxygens (including phenoxy) is 1. The van der Waals surface area contributed by atoms with Crippen LogP contribution >= 0.6 is 0 Å². The molecule has 0 aliphatic carbocycles. The lowest BCUT2D eigenvalue weighted by molar-refractivity contribution is -0.146. The molecule has 0 rings (SSSR count). The predicted molar refractivity (Wildman–Crippen MR) is 52.1 cm³/mol. The third kappa shape index (κ3) is 6.32. The standard InChI is InChI=1S/C7H13NO7S/c1-2-15-6(10)4-16(13,14)8-3-5(9)7(11)12/h5,8-9H,2-4H2,1H3,(H,11,12)/t5-/m0/s1. The van der Waals surface area contributed by atoms with Crippen molar-refractivity contribution in [2.75, 3.05) is 18.9 Å². The summed E-state index contributed by atoms with van der Waals surface area (Å²) in [6, 6.07) is 0. The van der Waals surface area contributed by atoms with Crippen molar-refractivity contribution in [1.29, 1.82) is 0 Å². The van der Waals surface area contributed by atoms with Gasteiger partial charge in [0.25, 0.3) is 0 Å². The maximum Gasteiger partial charge on any atom is 0.333 e. The summed E-state index contributed by atoms with van der Waals surface area (Å²) < 4.78 is 28.4. The van der Waals surface area contributed by atoms with Crippen LogP contribution in [-0.2, 0) is 24.3 Å². The number of esters is 1. The van der Waals surface area contributed by atoms with Crippen molar-refractivity contribution in [3.05, 3.63) is 0 Å². The molecule has 0 fully saturated rings. The molecule has 0 spiro atoms. The lowest BCUT2D eigenvalue weighted by Crippen LogP contribution is -2.39. The minimum atomic E-state index is -3.98. The highest BCUT2D eigenvalue weighted by Crippen LogP contribution is 1.90. The van der Waals surface area contributed by atoms with Gasteiger partial charge in [0.2, 0.25) is 10.0 Å². The Morgan fingerprint density at radius 1 is 1.44 bits per heavy atom. The van der Waals surface area contributed by atoms with E-state index in [2.05, 4.69) is 4.74 Å². The molecule has 0 heterocycles.